The summed E-state index contributed by atoms with van der Waals surface area (Å²) < 4.78 is 6.54. The maximum atomic E-state index is 12.9. The van der Waals surface area contributed by atoms with Crippen LogP contribution in [0, 0.1) is 5.92 Å². The number of fused-ring (bicyclic) bond motifs is 2. The Labute approximate surface area is 238 Å². The third-order valence-electron chi connectivity index (χ3n) is 7.44. The van der Waals surface area contributed by atoms with Crippen molar-refractivity contribution in [1.82, 2.24) is 4.98 Å². The van der Waals surface area contributed by atoms with Crippen molar-refractivity contribution in [2.75, 3.05) is 5.01 Å². The second-order valence-corrected chi connectivity index (χ2v) is 11.7. The predicted octanol–water partition coefficient (Wildman–Crippen LogP) is 8.48. The molecule has 5 nitrogen and oxygen atoms in total. The van der Waals surface area contributed by atoms with Crippen molar-refractivity contribution in [2.24, 2.45) is 11.0 Å². The van der Waals surface area contributed by atoms with Crippen LogP contribution >= 0.6 is 27.3 Å². The van der Waals surface area contributed by atoms with Gasteiger partial charge in [-0.05, 0) is 66.3 Å². The van der Waals surface area contributed by atoms with E-state index in [2.05, 4.69) is 75.5 Å². The molecule has 1 aliphatic carbocycles. The second kappa shape index (κ2) is 10.1. The van der Waals surface area contributed by atoms with Crippen molar-refractivity contribution < 1.29 is 4.42 Å². The predicted molar refractivity (Wildman–Crippen MR) is 162 cm³/mol. The molecule has 0 saturated heterocycles. The lowest BCUT2D eigenvalue weighted by molar-refractivity contribution is 0.487. The number of hydrazone groups is 1. The van der Waals surface area contributed by atoms with Gasteiger partial charge in [-0.3, -0.25) is 0 Å². The molecule has 0 bridgehead atoms. The van der Waals surface area contributed by atoms with Gasteiger partial charge in [0.1, 0.15) is 5.58 Å². The Balaban J connectivity index is 1.32. The minimum atomic E-state index is -0.393. The van der Waals surface area contributed by atoms with Crippen molar-refractivity contribution >= 4 is 55.2 Å². The summed E-state index contributed by atoms with van der Waals surface area (Å²) in [6, 6.07) is 28.5. The van der Waals surface area contributed by atoms with Gasteiger partial charge in [-0.15, -0.1) is 11.3 Å². The lowest BCUT2D eigenvalue weighted by Crippen LogP contribution is -2.28. The SMILES string of the molecule is O=c1oc2ccc(Br)cc2cc1-c1csc(N2N=C3/C(=C\c4ccccc4)CCCC3C2c2ccccc2)n1. The number of benzene rings is 3. The molecule has 2 aliphatic rings. The third-order valence-corrected chi connectivity index (χ3v) is 8.76. The summed E-state index contributed by atoms with van der Waals surface area (Å²) >= 11 is 5.01. The van der Waals surface area contributed by atoms with Crippen LogP contribution in [-0.2, 0) is 0 Å². The Hall–Kier alpha value is -3.81. The van der Waals surface area contributed by atoms with Gasteiger partial charge in [0.25, 0.3) is 0 Å². The molecule has 3 aromatic carbocycles. The number of hydrogen-bond donors (Lipinski definition) is 0. The van der Waals surface area contributed by atoms with E-state index in [0.717, 1.165) is 40.0 Å². The fraction of sp³-hybridized carbons (Fsp3) is 0.156. The van der Waals surface area contributed by atoms with Gasteiger partial charge in [-0.25, -0.2) is 14.8 Å². The average Bonchev–Trinajstić information content (AvgIpc) is 3.60. The van der Waals surface area contributed by atoms with Gasteiger partial charge in [-0.2, -0.15) is 5.10 Å². The molecule has 7 rings (SSSR count). The topological polar surface area (TPSA) is 58.7 Å². The molecule has 2 aromatic heterocycles. The first-order valence-corrected chi connectivity index (χ1v) is 14.7. The molecule has 7 heteroatoms. The monoisotopic (exact) mass is 593 g/mol. The van der Waals surface area contributed by atoms with Crippen LogP contribution in [0.5, 0.6) is 0 Å². The molecule has 1 saturated carbocycles. The summed E-state index contributed by atoms with van der Waals surface area (Å²) in [6.07, 6.45) is 5.48. The van der Waals surface area contributed by atoms with E-state index >= 15 is 0 Å². The number of rotatable bonds is 4. The van der Waals surface area contributed by atoms with Crippen LogP contribution in [0.2, 0.25) is 0 Å². The maximum Gasteiger partial charge on any atom is 0.345 e. The highest BCUT2D eigenvalue weighted by atomic mass is 79.9. The number of halogens is 1. The van der Waals surface area contributed by atoms with Gasteiger partial charge < -0.3 is 4.42 Å². The lowest BCUT2D eigenvalue weighted by atomic mass is 9.77. The molecule has 2 unspecified atom stereocenters. The van der Waals surface area contributed by atoms with Crippen molar-refractivity contribution in [1.29, 1.82) is 0 Å². The molecule has 0 amide bonds. The number of hydrogen-bond acceptors (Lipinski definition) is 6. The van der Waals surface area contributed by atoms with Gasteiger partial charge in [-0.1, -0.05) is 76.6 Å². The van der Waals surface area contributed by atoms with Crippen molar-refractivity contribution in [2.45, 2.75) is 25.3 Å². The standard InChI is InChI=1S/C32H24BrN3O2S/c33-24-14-15-28-23(17-24)18-26(31(37)38-28)27-19-39-32(34-27)36-30(21-10-5-2-6-11-21)25-13-7-12-22(29(25)35-36)16-20-8-3-1-4-9-20/h1-6,8-11,14-19,25,30H,7,12-13H2/b22-16-. The Morgan fingerprint density at radius 1 is 1.00 bits per heavy atom. The highest BCUT2D eigenvalue weighted by molar-refractivity contribution is 9.10. The first-order valence-electron chi connectivity index (χ1n) is 13.0. The molecule has 192 valence electrons. The van der Waals surface area contributed by atoms with Gasteiger partial charge in [0, 0.05) is 21.2 Å². The number of nitrogens with zero attached hydrogens (tertiary/aromatic N) is 3. The third kappa shape index (κ3) is 4.56. The number of allylic oxidation sites excluding steroid dienone is 1. The molecule has 0 N–H and O–H groups in total. The highest BCUT2D eigenvalue weighted by Crippen LogP contribution is 2.47. The highest BCUT2D eigenvalue weighted by Gasteiger charge is 2.42. The van der Waals surface area contributed by atoms with E-state index in [9.17, 15) is 4.79 Å². The van der Waals surface area contributed by atoms with E-state index in [0.29, 0.717) is 16.8 Å². The van der Waals surface area contributed by atoms with Crippen LogP contribution in [0.3, 0.4) is 0 Å². The first kappa shape index (κ1) is 24.2. The van der Waals surface area contributed by atoms with Crippen molar-refractivity contribution in [3.63, 3.8) is 0 Å². The number of anilines is 1. The van der Waals surface area contributed by atoms with Crippen LogP contribution < -0.4 is 10.6 Å². The minimum Gasteiger partial charge on any atom is -0.422 e. The molecule has 1 aliphatic heterocycles. The number of thiazole rings is 1. The average molecular weight is 595 g/mol. The maximum absolute atomic E-state index is 12.9. The van der Waals surface area contributed by atoms with E-state index < -0.39 is 5.63 Å². The van der Waals surface area contributed by atoms with Crippen LogP contribution in [0.1, 0.15) is 36.4 Å². The van der Waals surface area contributed by atoms with Crippen molar-refractivity contribution in [3.05, 3.63) is 122 Å². The molecule has 0 radical (unpaired) electrons. The Morgan fingerprint density at radius 2 is 1.79 bits per heavy atom. The summed E-state index contributed by atoms with van der Waals surface area (Å²) in [6.45, 7) is 0. The molecule has 0 spiro atoms. The molecule has 39 heavy (non-hydrogen) atoms. The zero-order chi connectivity index (χ0) is 26.3. The lowest BCUT2D eigenvalue weighted by Gasteiger charge is -2.29. The Morgan fingerprint density at radius 3 is 2.62 bits per heavy atom. The van der Waals surface area contributed by atoms with Crippen LogP contribution in [0.15, 0.2) is 115 Å². The quantitative estimate of drug-likeness (QED) is 0.196. The van der Waals surface area contributed by atoms with E-state index in [-0.39, 0.29) is 12.0 Å². The van der Waals surface area contributed by atoms with Gasteiger partial charge >= 0.3 is 5.63 Å². The second-order valence-electron chi connectivity index (χ2n) is 9.91. The smallest absolute Gasteiger partial charge is 0.345 e. The van der Waals surface area contributed by atoms with E-state index in [4.69, 9.17) is 14.5 Å². The van der Waals surface area contributed by atoms with Gasteiger partial charge in [0.05, 0.1) is 23.0 Å². The summed E-state index contributed by atoms with van der Waals surface area (Å²) in [7, 11) is 0. The summed E-state index contributed by atoms with van der Waals surface area (Å²) in [5, 5.41) is 10.8. The first-order chi connectivity index (χ1) is 19.1. The zero-order valence-electron chi connectivity index (χ0n) is 21.0. The van der Waals surface area contributed by atoms with Gasteiger partial charge in [0.15, 0.2) is 0 Å². The Kier molecular flexibility index (Phi) is 6.25. The molecule has 2 atom stereocenters. The van der Waals surface area contributed by atoms with Crippen LogP contribution in [-0.4, -0.2) is 10.7 Å². The molecule has 5 aromatic rings. The summed E-state index contributed by atoms with van der Waals surface area (Å²) in [4.78, 5) is 17.8. The van der Waals surface area contributed by atoms with E-state index in [1.54, 1.807) is 6.07 Å². The fourth-order valence-corrected chi connectivity index (χ4v) is 6.85. The molecule has 3 heterocycles. The van der Waals surface area contributed by atoms with Crippen LogP contribution in [0.4, 0.5) is 5.13 Å². The van der Waals surface area contributed by atoms with Gasteiger partial charge in [0.2, 0.25) is 5.13 Å². The number of aromatic nitrogens is 1. The van der Waals surface area contributed by atoms with Crippen LogP contribution in [0.25, 0.3) is 28.3 Å². The summed E-state index contributed by atoms with van der Waals surface area (Å²) in [5.41, 5.74) is 6.06. The largest absolute Gasteiger partial charge is 0.422 e. The normalized spacial score (nSPS) is 19.9. The zero-order valence-corrected chi connectivity index (χ0v) is 23.4. The minimum absolute atomic E-state index is 0.0450. The molecular weight excluding hydrogens is 570 g/mol. The molecule has 1 fully saturated rings. The summed E-state index contributed by atoms with van der Waals surface area (Å²) in [5.74, 6) is 0.270. The Bertz CT molecular complexity index is 1790. The van der Waals surface area contributed by atoms with E-state index in [1.165, 1.54) is 28.0 Å². The van der Waals surface area contributed by atoms with E-state index in [1.807, 2.05) is 35.7 Å². The fourth-order valence-electron chi connectivity index (χ4n) is 5.66. The van der Waals surface area contributed by atoms with Crippen molar-refractivity contribution in [3.8, 4) is 11.3 Å². The molecular formula is C32H24BrN3O2S.